The third-order valence-corrected chi connectivity index (χ3v) is 3.00. The molecule has 0 aromatic carbocycles. The van der Waals surface area contributed by atoms with Crippen LogP contribution in [0, 0.1) is 6.92 Å². The molecule has 0 aliphatic heterocycles. The van der Waals surface area contributed by atoms with Gasteiger partial charge in [0.25, 0.3) is 0 Å². The van der Waals surface area contributed by atoms with Gasteiger partial charge in [0.15, 0.2) is 0 Å². The number of rotatable bonds is 3. The average Bonchev–Trinajstić information content (AvgIpc) is 2.47. The summed E-state index contributed by atoms with van der Waals surface area (Å²) in [4.78, 5) is 11.5. The van der Waals surface area contributed by atoms with Crippen molar-refractivity contribution in [3.05, 3.63) is 11.8 Å². The van der Waals surface area contributed by atoms with Gasteiger partial charge in [-0.05, 0) is 6.92 Å². The van der Waals surface area contributed by atoms with Crippen LogP contribution in [0.4, 0.5) is 5.82 Å². The lowest BCUT2D eigenvalue weighted by Crippen LogP contribution is -2.19. The number of carbonyl (C=O) groups is 1. The predicted molar refractivity (Wildman–Crippen MR) is 64.2 cm³/mol. The lowest BCUT2D eigenvalue weighted by atomic mass is 10.3. The topological polar surface area (TPSA) is 57.8 Å². The monoisotopic (exact) mass is 227 g/mol. The van der Waals surface area contributed by atoms with E-state index in [0.717, 1.165) is 5.56 Å². The van der Waals surface area contributed by atoms with E-state index in [1.165, 1.54) is 0 Å². The molecule has 15 heavy (non-hydrogen) atoms. The van der Waals surface area contributed by atoms with Crippen molar-refractivity contribution in [2.45, 2.75) is 32.4 Å². The number of nitrogens with one attached hydrogen (secondary N) is 2. The van der Waals surface area contributed by atoms with Crippen LogP contribution < -0.4 is 5.32 Å². The first-order valence-corrected chi connectivity index (χ1v) is 5.81. The summed E-state index contributed by atoms with van der Waals surface area (Å²) in [6.45, 7) is 8.17. The van der Waals surface area contributed by atoms with E-state index in [1.807, 2.05) is 6.92 Å². The molecule has 0 spiro atoms. The normalized spacial score (nSPS) is 11.5. The summed E-state index contributed by atoms with van der Waals surface area (Å²) in [5, 5.41) is 9.36. The van der Waals surface area contributed by atoms with Gasteiger partial charge in [-0.15, -0.1) is 11.8 Å². The smallest absolute Gasteiger partial charge is 0.235 e. The Balaban J connectivity index is 2.41. The summed E-state index contributed by atoms with van der Waals surface area (Å²) in [7, 11) is 0. The van der Waals surface area contributed by atoms with Crippen molar-refractivity contribution in [1.29, 1.82) is 0 Å². The number of aryl methyl sites for hydroxylation is 1. The fourth-order valence-corrected chi connectivity index (χ4v) is 1.57. The van der Waals surface area contributed by atoms with Gasteiger partial charge in [0.05, 0.1) is 11.9 Å². The minimum Gasteiger partial charge on any atom is -0.310 e. The zero-order chi connectivity index (χ0) is 11.5. The predicted octanol–water partition coefficient (Wildman–Crippen LogP) is 2.19. The Kier molecular flexibility index (Phi) is 3.79. The summed E-state index contributed by atoms with van der Waals surface area (Å²) in [5.41, 5.74) is 0.948. The molecular formula is C10H17N3OS. The number of aromatic amines is 1. The molecule has 0 radical (unpaired) electrons. The fourth-order valence-electron chi connectivity index (χ4n) is 0.930. The first kappa shape index (κ1) is 12.1. The van der Waals surface area contributed by atoms with Crippen LogP contribution in [0.25, 0.3) is 0 Å². The standard InChI is InChI=1S/C10H17N3OS/c1-7-5-11-13-9(7)12-8(14)6-15-10(2,3)4/h5H,6H2,1-4H3,(H2,11,12,13,14). The number of carbonyl (C=O) groups excluding carboxylic acids is 1. The van der Waals surface area contributed by atoms with Crippen molar-refractivity contribution >= 4 is 23.5 Å². The summed E-state index contributed by atoms with van der Waals surface area (Å²) in [6.07, 6.45) is 1.69. The molecule has 1 heterocycles. The fraction of sp³-hybridized carbons (Fsp3) is 0.600. The van der Waals surface area contributed by atoms with Gasteiger partial charge in [0.2, 0.25) is 5.91 Å². The Morgan fingerprint density at radius 1 is 1.60 bits per heavy atom. The summed E-state index contributed by atoms with van der Waals surface area (Å²) in [6, 6.07) is 0. The average molecular weight is 227 g/mol. The Hall–Kier alpha value is -0.970. The van der Waals surface area contributed by atoms with E-state index in [2.05, 4.69) is 36.3 Å². The van der Waals surface area contributed by atoms with Crippen LogP contribution in [0.2, 0.25) is 0 Å². The summed E-state index contributed by atoms with van der Waals surface area (Å²) >= 11 is 1.62. The van der Waals surface area contributed by atoms with Crippen LogP contribution in [-0.4, -0.2) is 26.6 Å². The number of H-pyrrole nitrogens is 1. The third-order valence-electron chi connectivity index (χ3n) is 1.73. The zero-order valence-electron chi connectivity index (χ0n) is 9.55. The molecular weight excluding hydrogens is 210 g/mol. The Bertz CT molecular complexity index is 341. The molecule has 1 aromatic heterocycles. The molecule has 0 atom stereocenters. The van der Waals surface area contributed by atoms with E-state index in [9.17, 15) is 4.79 Å². The molecule has 0 fully saturated rings. The van der Waals surface area contributed by atoms with Crippen molar-refractivity contribution in [3.63, 3.8) is 0 Å². The van der Waals surface area contributed by atoms with Gasteiger partial charge < -0.3 is 5.32 Å². The van der Waals surface area contributed by atoms with Gasteiger partial charge in [0, 0.05) is 10.3 Å². The van der Waals surface area contributed by atoms with Gasteiger partial charge in [-0.1, -0.05) is 20.8 Å². The molecule has 2 N–H and O–H groups in total. The molecule has 0 aliphatic rings. The molecule has 1 aromatic rings. The second-order valence-corrected chi connectivity index (χ2v) is 6.18. The maximum absolute atomic E-state index is 11.5. The minimum absolute atomic E-state index is 0.00211. The van der Waals surface area contributed by atoms with Crippen LogP contribution in [0.5, 0.6) is 0 Å². The van der Waals surface area contributed by atoms with E-state index in [4.69, 9.17) is 0 Å². The second-order valence-electron chi connectivity index (χ2n) is 4.38. The molecule has 0 unspecified atom stereocenters. The highest BCUT2D eigenvalue weighted by Gasteiger charge is 2.14. The van der Waals surface area contributed by atoms with Crippen LogP contribution in [0.15, 0.2) is 6.20 Å². The number of thioether (sulfide) groups is 1. The number of amides is 1. The van der Waals surface area contributed by atoms with E-state index in [-0.39, 0.29) is 10.7 Å². The maximum Gasteiger partial charge on any atom is 0.235 e. The van der Waals surface area contributed by atoms with Crippen molar-refractivity contribution in [3.8, 4) is 0 Å². The van der Waals surface area contributed by atoms with E-state index < -0.39 is 0 Å². The third kappa shape index (κ3) is 4.38. The van der Waals surface area contributed by atoms with Crippen molar-refractivity contribution < 1.29 is 4.79 Å². The lowest BCUT2D eigenvalue weighted by molar-refractivity contribution is -0.113. The molecule has 1 rings (SSSR count). The van der Waals surface area contributed by atoms with Crippen LogP contribution >= 0.6 is 11.8 Å². The van der Waals surface area contributed by atoms with Crippen molar-refractivity contribution in [2.75, 3.05) is 11.1 Å². The molecule has 84 valence electrons. The quantitative estimate of drug-likeness (QED) is 0.832. The molecule has 0 aliphatic carbocycles. The van der Waals surface area contributed by atoms with E-state index >= 15 is 0 Å². The minimum atomic E-state index is 0.00211. The Labute approximate surface area is 94.2 Å². The highest BCUT2D eigenvalue weighted by Crippen LogP contribution is 2.23. The maximum atomic E-state index is 11.5. The number of aromatic nitrogens is 2. The first-order chi connectivity index (χ1) is 6.88. The number of hydrogen-bond acceptors (Lipinski definition) is 3. The van der Waals surface area contributed by atoms with Crippen LogP contribution in [0.3, 0.4) is 0 Å². The molecule has 4 nitrogen and oxygen atoms in total. The van der Waals surface area contributed by atoms with Crippen LogP contribution in [-0.2, 0) is 4.79 Å². The van der Waals surface area contributed by atoms with Crippen molar-refractivity contribution in [1.82, 2.24) is 10.2 Å². The van der Waals surface area contributed by atoms with E-state index in [1.54, 1.807) is 18.0 Å². The first-order valence-electron chi connectivity index (χ1n) is 4.82. The van der Waals surface area contributed by atoms with E-state index in [0.29, 0.717) is 11.6 Å². The SMILES string of the molecule is Cc1cn[nH]c1NC(=O)CSC(C)(C)C. The van der Waals surface area contributed by atoms with Crippen molar-refractivity contribution in [2.24, 2.45) is 0 Å². The largest absolute Gasteiger partial charge is 0.310 e. The van der Waals surface area contributed by atoms with Crippen LogP contribution in [0.1, 0.15) is 26.3 Å². The summed E-state index contributed by atoms with van der Waals surface area (Å²) < 4.78 is 0.111. The van der Waals surface area contributed by atoms with Gasteiger partial charge in [0.1, 0.15) is 5.82 Å². The van der Waals surface area contributed by atoms with Gasteiger partial charge >= 0.3 is 0 Å². The highest BCUT2D eigenvalue weighted by molar-refractivity contribution is 8.01. The molecule has 1 amide bonds. The van der Waals surface area contributed by atoms with Gasteiger partial charge in [-0.25, -0.2) is 0 Å². The van der Waals surface area contributed by atoms with Gasteiger partial charge in [-0.2, -0.15) is 5.10 Å². The molecule has 0 saturated carbocycles. The zero-order valence-corrected chi connectivity index (χ0v) is 10.4. The van der Waals surface area contributed by atoms with Gasteiger partial charge in [-0.3, -0.25) is 9.89 Å². The Morgan fingerprint density at radius 2 is 2.27 bits per heavy atom. The number of hydrogen-bond donors (Lipinski definition) is 2. The molecule has 5 heteroatoms. The lowest BCUT2D eigenvalue weighted by Gasteiger charge is -2.16. The number of anilines is 1. The Morgan fingerprint density at radius 3 is 2.73 bits per heavy atom. The number of nitrogens with zero attached hydrogens (tertiary/aromatic N) is 1. The summed E-state index contributed by atoms with van der Waals surface area (Å²) in [5.74, 6) is 1.15. The second kappa shape index (κ2) is 4.70. The molecule has 0 bridgehead atoms. The molecule has 0 saturated heterocycles. The highest BCUT2D eigenvalue weighted by atomic mass is 32.2.